The van der Waals surface area contributed by atoms with E-state index in [1.54, 1.807) is 17.9 Å². The van der Waals surface area contributed by atoms with Crippen molar-refractivity contribution in [2.75, 3.05) is 11.4 Å². The zero-order valence-corrected chi connectivity index (χ0v) is 10.4. The number of aliphatic hydroxyl groups excluding tert-OH is 1. The summed E-state index contributed by atoms with van der Waals surface area (Å²) < 4.78 is 0. The monoisotopic (exact) mass is 248 g/mol. The van der Waals surface area contributed by atoms with Gasteiger partial charge in [-0.05, 0) is 31.0 Å². The van der Waals surface area contributed by atoms with E-state index >= 15 is 0 Å². The first kappa shape index (κ1) is 12.6. The topological polar surface area (TPSA) is 69.6 Å². The van der Waals surface area contributed by atoms with E-state index in [4.69, 9.17) is 5.11 Å². The van der Waals surface area contributed by atoms with Crippen LogP contribution in [0.1, 0.15) is 18.1 Å². The van der Waals surface area contributed by atoms with E-state index in [9.17, 15) is 9.59 Å². The van der Waals surface area contributed by atoms with E-state index in [1.165, 1.54) is 0 Å². The molecule has 1 saturated heterocycles. The van der Waals surface area contributed by atoms with Gasteiger partial charge in [0.05, 0.1) is 13.2 Å². The third-order valence-corrected chi connectivity index (χ3v) is 3.18. The van der Waals surface area contributed by atoms with Gasteiger partial charge < -0.3 is 10.0 Å². The van der Waals surface area contributed by atoms with Gasteiger partial charge in [-0.1, -0.05) is 12.1 Å². The molecule has 0 radical (unpaired) electrons. The number of carbonyl (C=O) groups excluding carboxylic acids is 2. The van der Waals surface area contributed by atoms with Crippen molar-refractivity contribution in [1.29, 1.82) is 0 Å². The predicted molar refractivity (Wildman–Crippen MR) is 67.1 cm³/mol. The van der Waals surface area contributed by atoms with Crippen LogP contribution in [-0.4, -0.2) is 29.5 Å². The van der Waals surface area contributed by atoms with Crippen LogP contribution in [0.4, 0.5) is 5.69 Å². The fourth-order valence-electron chi connectivity index (χ4n) is 2.15. The Morgan fingerprint density at radius 3 is 2.78 bits per heavy atom. The van der Waals surface area contributed by atoms with Crippen LogP contribution in [0.3, 0.4) is 0 Å². The second-order valence-electron chi connectivity index (χ2n) is 4.50. The van der Waals surface area contributed by atoms with E-state index in [2.05, 4.69) is 5.32 Å². The Hall–Kier alpha value is -1.88. The van der Waals surface area contributed by atoms with Crippen molar-refractivity contribution in [2.45, 2.75) is 26.5 Å². The maximum Gasteiger partial charge on any atom is 0.249 e. The highest BCUT2D eigenvalue weighted by Crippen LogP contribution is 2.24. The van der Waals surface area contributed by atoms with Crippen molar-refractivity contribution in [1.82, 2.24) is 5.32 Å². The predicted octanol–water partition coefficient (Wildman–Crippen LogP) is 0.339. The highest BCUT2D eigenvalue weighted by molar-refractivity contribution is 6.04. The van der Waals surface area contributed by atoms with Crippen LogP contribution in [0.25, 0.3) is 0 Å². The lowest BCUT2D eigenvalue weighted by atomic mass is 10.1. The van der Waals surface area contributed by atoms with Crippen molar-refractivity contribution in [3.8, 4) is 0 Å². The Kier molecular flexibility index (Phi) is 3.34. The number of anilines is 1. The molecule has 1 aromatic carbocycles. The van der Waals surface area contributed by atoms with Gasteiger partial charge in [0.15, 0.2) is 0 Å². The highest BCUT2D eigenvalue weighted by Gasteiger charge is 2.30. The van der Waals surface area contributed by atoms with Gasteiger partial charge in [0.25, 0.3) is 0 Å². The lowest BCUT2D eigenvalue weighted by molar-refractivity contribution is -0.132. The van der Waals surface area contributed by atoms with Crippen LogP contribution in [0, 0.1) is 6.92 Å². The lowest BCUT2D eigenvalue weighted by Crippen LogP contribution is -2.57. The number of hydrogen-bond acceptors (Lipinski definition) is 4. The molecule has 1 fully saturated rings. The molecule has 2 amide bonds. The number of nitrogens with zero attached hydrogens (tertiary/aromatic N) is 1. The summed E-state index contributed by atoms with van der Waals surface area (Å²) in [6.07, 6.45) is 0. The molecule has 0 bridgehead atoms. The average Bonchev–Trinajstić information content (AvgIpc) is 2.34. The van der Waals surface area contributed by atoms with Gasteiger partial charge in [0.2, 0.25) is 11.8 Å². The SMILES string of the molecule is Cc1cc(CO)ccc1N1CC(=O)NC(=O)C1C. The molecule has 5 heteroatoms. The average molecular weight is 248 g/mol. The molecule has 0 saturated carbocycles. The number of amides is 2. The molecule has 0 aromatic heterocycles. The number of nitrogens with one attached hydrogen (secondary N) is 1. The molecule has 2 rings (SSSR count). The van der Waals surface area contributed by atoms with Gasteiger partial charge in [0.1, 0.15) is 6.04 Å². The van der Waals surface area contributed by atoms with Crippen molar-refractivity contribution >= 4 is 17.5 Å². The number of imide groups is 1. The van der Waals surface area contributed by atoms with E-state index in [-0.39, 0.29) is 31.0 Å². The second kappa shape index (κ2) is 4.78. The van der Waals surface area contributed by atoms with E-state index in [0.717, 1.165) is 16.8 Å². The van der Waals surface area contributed by atoms with Gasteiger partial charge in [-0.3, -0.25) is 14.9 Å². The number of rotatable bonds is 2. The molecule has 0 spiro atoms. The molecule has 0 aliphatic carbocycles. The minimum atomic E-state index is -0.374. The fraction of sp³-hybridized carbons (Fsp3) is 0.385. The van der Waals surface area contributed by atoms with E-state index < -0.39 is 0 Å². The summed E-state index contributed by atoms with van der Waals surface area (Å²) in [7, 11) is 0. The highest BCUT2D eigenvalue weighted by atomic mass is 16.3. The molecule has 2 N–H and O–H groups in total. The Bertz CT molecular complexity index is 499. The molecule has 1 unspecified atom stereocenters. The van der Waals surface area contributed by atoms with Crippen LogP contribution >= 0.6 is 0 Å². The molecule has 5 nitrogen and oxygen atoms in total. The Balaban J connectivity index is 2.35. The summed E-state index contributed by atoms with van der Waals surface area (Å²) >= 11 is 0. The standard InChI is InChI=1S/C13H16N2O3/c1-8-5-10(7-16)3-4-11(8)15-6-12(17)14-13(18)9(15)2/h3-5,9,16H,6-7H2,1-2H3,(H,14,17,18). The summed E-state index contributed by atoms with van der Waals surface area (Å²) in [6, 6.07) is 5.12. The summed E-state index contributed by atoms with van der Waals surface area (Å²) in [5.74, 6) is -0.569. The largest absolute Gasteiger partial charge is 0.392 e. The van der Waals surface area contributed by atoms with E-state index in [1.807, 2.05) is 19.1 Å². The number of aryl methyl sites for hydroxylation is 1. The maximum absolute atomic E-state index is 11.6. The third-order valence-electron chi connectivity index (χ3n) is 3.18. The minimum absolute atomic E-state index is 0.0178. The quantitative estimate of drug-likeness (QED) is 0.740. The first-order valence-corrected chi connectivity index (χ1v) is 5.83. The number of carbonyl (C=O) groups is 2. The van der Waals surface area contributed by atoms with Crippen molar-refractivity contribution in [2.24, 2.45) is 0 Å². The Labute approximate surface area is 105 Å². The zero-order chi connectivity index (χ0) is 13.3. The smallest absolute Gasteiger partial charge is 0.249 e. The minimum Gasteiger partial charge on any atom is -0.392 e. The summed E-state index contributed by atoms with van der Waals surface area (Å²) in [5, 5.41) is 11.4. The molecular weight excluding hydrogens is 232 g/mol. The number of hydrogen-bond donors (Lipinski definition) is 2. The van der Waals surface area contributed by atoms with Crippen LogP contribution in [-0.2, 0) is 16.2 Å². The Morgan fingerprint density at radius 2 is 2.17 bits per heavy atom. The van der Waals surface area contributed by atoms with Crippen molar-refractivity contribution in [3.05, 3.63) is 29.3 Å². The van der Waals surface area contributed by atoms with Gasteiger partial charge in [-0.25, -0.2) is 0 Å². The molecule has 18 heavy (non-hydrogen) atoms. The maximum atomic E-state index is 11.6. The third kappa shape index (κ3) is 2.22. The fourth-order valence-corrected chi connectivity index (χ4v) is 2.15. The van der Waals surface area contributed by atoms with Gasteiger partial charge in [-0.2, -0.15) is 0 Å². The summed E-state index contributed by atoms with van der Waals surface area (Å²) in [6.45, 7) is 3.82. The molecular formula is C13H16N2O3. The van der Waals surface area contributed by atoms with Crippen LogP contribution in [0.2, 0.25) is 0 Å². The van der Waals surface area contributed by atoms with Crippen LogP contribution in [0.15, 0.2) is 18.2 Å². The first-order chi connectivity index (χ1) is 8.52. The Morgan fingerprint density at radius 1 is 1.44 bits per heavy atom. The molecule has 1 aliphatic heterocycles. The molecule has 1 heterocycles. The lowest BCUT2D eigenvalue weighted by Gasteiger charge is -2.34. The number of piperazine rings is 1. The molecule has 1 atom stereocenters. The van der Waals surface area contributed by atoms with Crippen molar-refractivity contribution in [3.63, 3.8) is 0 Å². The number of benzene rings is 1. The summed E-state index contributed by atoms with van der Waals surface area (Å²) in [4.78, 5) is 24.8. The number of aliphatic hydroxyl groups is 1. The molecule has 1 aliphatic rings. The van der Waals surface area contributed by atoms with Crippen LogP contribution in [0.5, 0.6) is 0 Å². The first-order valence-electron chi connectivity index (χ1n) is 5.83. The normalized spacial score (nSPS) is 19.9. The second-order valence-corrected chi connectivity index (χ2v) is 4.50. The van der Waals surface area contributed by atoms with E-state index in [0.29, 0.717) is 0 Å². The molecule has 1 aromatic rings. The zero-order valence-electron chi connectivity index (χ0n) is 10.4. The van der Waals surface area contributed by atoms with Crippen molar-refractivity contribution < 1.29 is 14.7 Å². The summed E-state index contributed by atoms with van der Waals surface area (Å²) in [5.41, 5.74) is 2.61. The molecule has 96 valence electrons. The van der Waals surface area contributed by atoms with Gasteiger partial charge in [-0.15, -0.1) is 0 Å². The van der Waals surface area contributed by atoms with Crippen LogP contribution < -0.4 is 10.2 Å². The van der Waals surface area contributed by atoms with Gasteiger partial charge >= 0.3 is 0 Å². The van der Waals surface area contributed by atoms with Gasteiger partial charge in [0, 0.05) is 5.69 Å².